The van der Waals surface area contributed by atoms with Gasteiger partial charge in [-0.15, -0.1) is 0 Å². The van der Waals surface area contributed by atoms with E-state index in [0.717, 1.165) is 0 Å². The number of ether oxygens (including phenoxy) is 2. The molecule has 8 nitrogen and oxygen atoms in total. The molecule has 1 heterocycles. The molecule has 19 heavy (non-hydrogen) atoms. The maximum atomic E-state index is 12.1. The smallest absolute Gasteiger partial charge is 0.267 e. The number of nitrogens with one attached hydrogen (secondary N) is 1. The molecule has 0 aromatic carbocycles. The second-order valence-corrected chi connectivity index (χ2v) is 3.73. The highest BCUT2D eigenvalue weighted by molar-refractivity contribution is 5.93. The van der Waals surface area contributed by atoms with Crippen LogP contribution in [0, 0.1) is 0 Å². The van der Waals surface area contributed by atoms with E-state index in [1.54, 1.807) is 0 Å². The summed E-state index contributed by atoms with van der Waals surface area (Å²) in [6.45, 7) is 1.23. The van der Waals surface area contributed by atoms with E-state index in [1.807, 2.05) is 0 Å². The largest absolute Gasteiger partial charge is 0.383 e. The molecule has 0 atom stereocenters. The maximum Gasteiger partial charge on any atom is 0.267 e. The summed E-state index contributed by atoms with van der Waals surface area (Å²) in [6.07, 6.45) is 1.17. The van der Waals surface area contributed by atoms with Gasteiger partial charge in [0.1, 0.15) is 5.56 Å². The van der Waals surface area contributed by atoms with Crippen molar-refractivity contribution in [3.63, 3.8) is 0 Å². The minimum absolute atomic E-state index is 0.0514. The number of carbonyl (C=O) groups excluding carboxylic acids is 1. The number of nitrogens with zero attached hydrogens (tertiary/aromatic N) is 2. The SMILES string of the molecule is COCCNC(=O)c1cnc(N)n(CCOC)c1=O. The van der Waals surface area contributed by atoms with Crippen LogP contribution >= 0.6 is 0 Å². The molecular weight excluding hydrogens is 252 g/mol. The molecule has 3 N–H and O–H groups in total. The van der Waals surface area contributed by atoms with E-state index in [1.165, 1.54) is 25.0 Å². The molecular formula is C11H18N4O4. The van der Waals surface area contributed by atoms with Crippen LogP contribution in [0.25, 0.3) is 0 Å². The Labute approximate surface area is 110 Å². The van der Waals surface area contributed by atoms with Crippen LogP contribution in [0.4, 0.5) is 5.95 Å². The van der Waals surface area contributed by atoms with Gasteiger partial charge in [-0.25, -0.2) is 4.98 Å². The van der Waals surface area contributed by atoms with Gasteiger partial charge in [0.25, 0.3) is 11.5 Å². The Morgan fingerprint density at radius 3 is 2.74 bits per heavy atom. The van der Waals surface area contributed by atoms with Gasteiger partial charge in [0.05, 0.1) is 19.8 Å². The highest BCUT2D eigenvalue weighted by atomic mass is 16.5. The number of anilines is 1. The van der Waals surface area contributed by atoms with Crippen LogP contribution in [0.2, 0.25) is 0 Å². The lowest BCUT2D eigenvalue weighted by molar-refractivity contribution is 0.0934. The predicted octanol–water partition coefficient (Wildman–Crippen LogP) is -1.15. The number of methoxy groups -OCH3 is 2. The summed E-state index contributed by atoms with van der Waals surface area (Å²) in [4.78, 5) is 27.7. The first-order chi connectivity index (χ1) is 9.11. The van der Waals surface area contributed by atoms with E-state index in [-0.39, 0.29) is 18.1 Å². The Kier molecular flexibility index (Phi) is 5.97. The number of aromatic nitrogens is 2. The number of hydrogen-bond donors (Lipinski definition) is 2. The fraction of sp³-hybridized carbons (Fsp3) is 0.545. The van der Waals surface area contributed by atoms with Crippen LogP contribution in [0.1, 0.15) is 10.4 Å². The van der Waals surface area contributed by atoms with Gasteiger partial charge >= 0.3 is 0 Å². The van der Waals surface area contributed by atoms with Crippen molar-refractivity contribution in [1.82, 2.24) is 14.9 Å². The summed E-state index contributed by atoms with van der Waals surface area (Å²) in [5, 5.41) is 2.55. The highest BCUT2D eigenvalue weighted by Gasteiger charge is 2.14. The molecule has 1 rings (SSSR count). The molecule has 0 saturated carbocycles. The van der Waals surface area contributed by atoms with Crippen molar-refractivity contribution in [3.8, 4) is 0 Å². The quantitative estimate of drug-likeness (QED) is 0.605. The zero-order valence-corrected chi connectivity index (χ0v) is 11.0. The van der Waals surface area contributed by atoms with Crippen LogP contribution in [0.3, 0.4) is 0 Å². The van der Waals surface area contributed by atoms with Crippen LogP contribution in [0.5, 0.6) is 0 Å². The van der Waals surface area contributed by atoms with Gasteiger partial charge < -0.3 is 20.5 Å². The topological polar surface area (TPSA) is 108 Å². The second kappa shape index (κ2) is 7.49. The van der Waals surface area contributed by atoms with Gasteiger partial charge in [0, 0.05) is 27.0 Å². The van der Waals surface area contributed by atoms with Crippen molar-refractivity contribution in [3.05, 3.63) is 22.1 Å². The summed E-state index contributed by atoms with van der Waals surface area (Å²) < 4.78 is 10.9. The van der Waals surface area contributed by atoms with Crippen molar-refractivity contribution in [1.29, 1.82) is 0 Å². The summed E-state index contributed by atoms with van der Waals surface area (Å²) in [5.41, 5.74) is 5.06. The summed E-state index contributed by atoms with van der Waals surface area (Å²) in [7, 11) is 3.03. The standard InChI is InChI=1S/C11H18N4O4/c1-18-5-3-13-9(16)8-7-14-11(12)15(10(8)17)4-6-19-2/h7H,3-6H2,1-2H3,(H2,12,14)(H,13,16). The van der Waals surface area contributed by atoms with Gasteiger partial charge in [0.2, 0.25) is 5.95 Å². The minimum Gasteiger partial charge on any atom is -0.383 e. The van der Waals surface area contributed by atoms with E-state index < -0.39 is 11.5 Å². The maximum absolute atomic E-state index is 12.1. The summed E-state index contributed by atoms with van der Waals surface area (Å²) >= 11 is 0. The average molecular weight is 270 g/mol. The molecule has 0 bridgehead atoms. The number of hydrogen-bond acceptors (Lipinski definition) is 6. The number of carbonyl (C=O) groups is 1. The Morgan fingerprint density at radius 1 is 1.42 bits per heavy atom. The minimum atomic E-state index is -0.499. The number of rotatable bonds is 7. The number of nitrogen functional groups attached to an aromatic ring is 1. The van der Waals surface area contributed by atoms with Gasteiger partial charge in [-0.1, -0.05) is 0 Å². The van der Waals surface area contributed by atoms with Crippen LogP contribution in [-0.2, 0) is 16.0 Å². The molecule has 0 aliphatic rings. The van der Waals surface area contributed by atoms with Gasteiger partial charge in [-0.2, -0.15) is 0 Å². The first-order valence-corrected chi connectivity index (χ1v) is 5.73. The normalized spacial score (nSPS) is 10.4. The zero-order chi connectivity index (χ0) is 14.3. The van der Waals surface area contributed by atoms with E-state index in [4.69, 9.17) is 15.2 Å². The average Bonchev–Trinajstić information content (AvgIpc) is 2.39. The van der Waals surface area contributed by atoms with E-state index in [2.05, 4.69) is 10.3 Å². The first kappa shape index (κ1) is 15.1. The third kappa shape index (κ3) is 4.04. The fourth-order valence-corrected chi connectivity index (χ4v) is 1.42. The van der Waals surface area contributed by atoms with Crippen LogP contribution in [-0.4, -0.2) is 49.4 Å². The monoisotopic (exact) mass is 270 g/mol. The van der Waals surface area contributed by atoms with E-state index in [9.17, 15) is 9.59 Å². The van der Waals surface area contributed by atoms with Crippen molar-refractivity contribution >= 4 is 11.9 Å². The van der Waals surface area contributed by atoms with E-state index >= 15 is 0 Å². The molecule has 0 spiro atoms. The fourth-order valence-electron chi connectivity index (χ4n) is 1.42. The molecule has 1 aromatic heterocycles. The lowest BCUT2D eigenvalue weighted by Crippen LogP contribution is -2.36. The molecule has 0 fully saturated rings. The molecule has 0 saturated heterocycles. The van der Waals surface area contributed by atoms with E-state index in [0.29, 0.717) is 19.8 Å². The van der Waals surface area contributed by atoms with Gasteiger partial charge in [-0.3, -0.25) is 14.2 Å². The molecule has 8 heteroatoms. The molecule has 106 valence electrons. The van der Waals surface area contributed by atoms with Crippen LogP contribution < -0.4 is 16.6 Å². The molecule has 0 aliphatic heterocycles. The molecule has 0 unspecified atom stereocenters. The van der Waals surface area contributed by atoms with Crippen molar-refractivity contribution < 1.29 is 14.3 Å². The molecule has 0 radical (unpaired) electrons. The zero-order valence-electron chi connectivity index (χ0n) is 11.0. The molecule has 0 aliphatic carbocycles. The number of nitrogens with two attached hydrogens (primary N) is 1. The third-order valence-corrected chi connectivity index (χ3v) is 2.43. The van der Waals surface area contributed by atoms with Crippen molar-refractivity contribution in [2.75, 3.05) is 39.7 Å². The summed E-state index contributed by atoms with van der Waals surface area (Å²) in [6, 6.07) is 0. The Bertz CT molecular complexity index is 486. The Balaban J connectivity index is 2.90. The highest BCUT2D eigenvalue weighted by Crippen LogP contribution is 1.97. The van der Waals surface area contributed by atoms with Crippen molar-refractivity contribution in [2.45, 2.75) is 6.54 Å². The second-order valence-electron chi connectivity index (χ2n) is 3.73. The van der Waals surface area contributed by atoms with Crippen molar-refractivity contribution in [2.24, 2.45) is 0 Å². The van der Waals surface area contributed by atoms with Gasteiger partial charge in [-0.05, 0) is 0 Å². The Morgan fingerprint density at radius 2 is 2.11 bits per heavy atom. The summed E-state index contributed by atoms with van der Waals surface area (Å²) in [5.74, 6) is -0.448. The lowest BCUT2D eigenvalue weighted by Gasteiger charge is -2.10. The third-order valence-electron chi connectivity index (χ3n) is 2.43. The first-order valence-electron chi connectivity index (χ1n) is 5.73. The molecule has 1 amide bonds. The molecule has 1 aromatic rings. The van der Waals surface area contributed by atoms with Gasteiger partial charge in [0.15, 0.2) is 0 Å². The lowest BCUT2D eigenvalue weighted by atomic mass is 10.3. The predicted molar refractivity (Wildman–Crippen MR) is 69.0 cm³/mol. The Hall–Kier alpha value is -1.93. The van der Waals surface area contributed by atoms with Crippen LogP contribution in [0.15, 0.2) is 11.0 Å². The number of amides is 1.